The van der Waals surface area contributed by atoms with E-state index in [1.54, 1.807) is 12.1 Å². The molecule has 1 heterocycles. The van der Waals surface area contributed by atoms with Gasteiger partial charge in [0, 0.05) is 23.9 Å². The van der Waals surface area contributed by atoms with E-state index in [0.29, 0.717) is 22.7 Å². The molecule has 0 radical (unpaired) electrons. The summed E-state index contributed by atoms with van der Waals surface area (Å²) in [6.45, 7) is 0.516. The normalized spacial score (nSPS) is 14.4. The van der Waals surface area contributed by atoms with E-state index < -0.39 is 11.9 Å². The van der Waals surface area contributed by atoms with Crippen LogP contribution in [0.1, 0.15) is 46.9 Å². The molecule has 3 rings (SSSR count). The number of carbonyl (C=O) groups excluding carboxylic acids is 1. The van der Waals surface area contributed by atoms with Crippen LogP contribution in [0.5, 0.6) is 0 Å². The third-order valence-electron chi connectivity index (χ3n) is 4.41. The standard InChI is InChI=1S/C18H18Cl2F3N3OS/c1-28-11-5-6-13(19)12(9-11)17(27)24-7-2-8-26-15(10-3-4-10)14(20)16(25-26)18(21,22)23/h5-6,9-10H,2-4,7-8H2,1H3,(H,24,27). The van der Waals surface area contributed by atoms with Crippen LogP contribution in [0.2, 0.25) is 10.0 Å². The second-order valence-electron chi connectivity index (χ2n) is 6.50. The molecule has 4 nitrogen and oxygen atoms in total. The summed E-state index contributed by atoms with van der Waals surface area (Å²) in [6, 6.07) is 5.19. The number of aromatic nitrogens is 2. The fraction of sp³-hybridized carbons (Fsp3) is 0.444. The Morgan fingerprint density at radius 2 is 2.07 bits per heavy atom. The van der Waals surface area contributed by atoms with Gasteiger partial charge in [-0.25, -0.2) is 0 Å². The molecule has 1 aromatic carbocycles. The summed E-state index contributed by atoms with van der Waals surface area (Å²) in [5, 5.41) is 6.47. The Kier molecular flexibility index (Phi) is 6.51. The van der Waals surface area contributed by atoms with Crippen LogP contribution < -0.4 is 5.32 Å². The minimum atomic E-state index is -4.58. The molecular weight excluding hydrogens is 434 g/mol. The minimum absolute atomic E-state index is 0.0266. The van der Waals surface area contributed by atoms with Crippen LogP contribution >= 0.6 is 35.0 Å². The van der Waals surface area contributed by atoms with Crippen molar-refractivity contribution in [3.63, 3.8) is 0 Å². The molecule has 10 heteroatoms. The third-order valence-corrected chi connectivity index (χ3v) is 5.84. The molecule has 0 atom stereocenters. The van der Waals surface area contributed by atoms with Gasteiger partial charge in [-0.3, -0.25) is 9.48 Å². The summed E-state index contributed by atoms with van der Waals surface area (Å²) in [6.07, 6.45) is -0.653. The molecule has 28 heavy (non-hydrogen) atoms. The predicted octanol–water partition coefficient (Wildman–Crippen LogP) is 5.63. The van der Waals surface area contributed by atoms with Crippen molar-refractivity contribution < 1.29 is 18.0 Å². The van der Waals surface area contributed by atoms with Crippen molar-refractivity contribution in [2.75, 3.05) is 12.8 Å². The summed E-state index contributed by atoms with van der Waals surface area (Å²) < 4.78 is 40.6. The number of hydrogen-bond donors (Lipinski definition) is 1. The Morgan fingerprint density at radius 1 is 1.36 bits per heavy atom. The Hall–Kier alpha value is -1.38. The smallest absolute Gasteiger partial charge is 0.352 e. The van der Waals surface area contributed by atoms with E-state index in [1.165, 1.54) is 16.4 Å². The Labute approximate surface area is 174 Å². The first-order chi connectivity index (χ1) is 13.2. The van der Waals surface area contributed by atoms with Gasteiger partial charge in [0.15, 0.2) is 5.69 Å². The number of benzene rings is 1. The number of nitrogens with zero attached hydrogens (tertiary/aromatic N) is 2. The largest absolute Gasteiger partial charge is 0.436 e. The van der Waals surface area contributed by atoms with Gasteiger partial charge in [0.2, 0.25) is 0 Å². The van der Waals surface area contributed by atoms with Crippen LogP contribution in [0, 0.1) is 0 Å². The lowest BCUT2D eigenvalue weighted by molar-refractivity contribution is -0.141. The second kappa shape index (κ2) is 8.55. The predicted molar refractivity (Wildman–Crippen MR) is 104 cm³/mol. The number of rotatable bonds is 7. The fourth-order valence-electron chi connectivity index (χ4n) is 2.88. The van der Waals surface area contributed by atoms with Crippen LogP contribution in [0.3, 0.4) is 0 Å². The first-order valence-corrected chi connectivity index (χ1v) is 10.7. The molecule has 0 unspecified atom stereocenters. The molecule has 0 aliphatic heterocycles. The zero-order valence-corrected chi connectivity index (χ0v) is 17.3. The number of nitrogens with one attached hydrogen (secondary N) is 1. The van der Waals surface area contributed by atoms with Gasteiger partial charge in [-0.2, -0.15) is 18.3 Å². The van der Waals surface area contributed by atoms with E-state index in [-0.39, 0.29) is 29.9 Å². The SMILES string of the molecule is CSc1ccc(Cl)c(C(=O)NCCCn2nc(C(F)(F)F)c(Cl)c2C2CC2)c1. The van der Waals surface area contributed by atoms with Gasteiger partial charge in [-0.15, -0.1) is 11.8 Å². The second-order valence-corrected chi connectivity index (χ2v) is 8.16. The highest BCUT2D eigenvalue weighted by atomic mass is 35.5. The highest BCUT2D eigenvalue weighted by Crippen LogP contribution is 2.46. The van der Waals surface area contributed by atoms with Gasteiger partial charge in [0.05, 0.1) is 21.3 Å². The lowest BCUT2D eigenvalue weighted by Crippen LogP contribution is -2.26. The Bertz CT molecular complexity index is 882. The van der Waals surface area contributed by atoms with Crippen LogP contribution in [-0.4, -0.2) is 28.5 Å². The molecule has 0 spiro atoms. The highest BCUT2D eigenvalue weighted by Gasteiger charge is 2.41. The Morgan fingerprint density at radius 3 is 2.68 bits per heavy atom. The molecule has 0 saturated heterocycles. The first kappa shape index (κ1) is 21.3. The average molecular weight is 452 g/mol. The molecule has 2 aromatic rings. The van der Waals surface area contributed by atoms with E-state index in [4.69, 9.17) is 23.2 Å². The van der Waals surface area contributed by atoms with Crippen LogP contribution in [0.25, 0.3) is 0 Å². The van der Waals surface area contributed by atoms with Crippen LogP contribution in [0.4, 0.5) is 13.2 Å². The van der Waals surface area contributed by atoms with Crippen molar-refractivity contribution >= 4 is 40.9 Å². The van der Waals surface area contributed by atoms with E-state index >= 15 is 0 Å². The lowest BCUT2D eigenvalue weighted by atomic mass is 10.2. The van der Waals surface area contributed by atoms with E-state index in [1.807, 2.05) is 12.3 Å². The summed E-state index contributed by atoms with van der Waals surface area (Å²) in [5.41, 5.74) is -0.231. The van der Waals surface area contributed by atoms with Gasteiger partial charge in [-0.05, 0) is 43.7 Å². The summed E-state index contributed by atoms with van der Waals surface area (Å²) in [4.78, 5) is 13.2. The van der Waals surface area contributed by atoms with Crippen molar-refractivity contribution in [1.82, 2.24) is 15.1 Å². The van der Waals surface area contributed by atoms with Crippen molar-refractivity contribution in [3.8, 4) is 0 Å². The summed E-state index contributed by atoms with van der Waals surface area (Å²) in [7, 11) is 0. The molecular formula is C18H18Cl2F3N3OS. The van der Waals surface area contributed by atoms with Crippen molar-refractivity contribution in [2.45, 2.75) is 42.8 Å². The van der Waals surface area contributed by atoms with Crippen molar-refractivity contribution in [3.05, 3.63) is 45.2 Å². The van der Waals surface area contributed by atoms with Gasteiger partial charge in [-0.1, -0.05) is 23.2 Å². The maximum Gasteiger partial charge on any atom is 0.436 e. The maximum atomic E-state index is 13.1. The quantitative estimate of drug-likeness (QED) is 0.438. The number of halogens is 5. The maximum absolute atomic E-state index is 13.1. The molecule has 1 aliphatic rings. The van der Waals surface area contributed by atoms with Crippen LogP contribution in [-0.2, 0) is 12.7 Å². The molecule has 1 aliphatic carbocycles. The fourth-order valence-corrected chi connectivity index (χ4v) is 3.92. The van der Waals surface area contributed by atoms with E-state index in [9.17, 15) is 18.0 Å². The van der Waals surface area contributed by atoms with E-state index in [0.717, 1.165) is 17.7 Å². The molecule has 152 valence electrons. The lowest BCUT2D eigenvalue weighted by Gasteiger charge is -2.10. The van der Waals surface area contributed by atoms with Gasteiger partial charge >= 0.3 is 6.18 Å². The highest BCUT2D eigenvalue weighted by molar-refractivity contribution is 7.98. The number of amides is 1. The molecule has 1 saturated carbocycles. The monoisotopic (exact) mass is 451 g/mol. The number of carbonyl (C=O) groups is 1. The zero-order chi connectivity index (χ0) is 20.5. The summed E-state index contributed by atoms with van der Waals surface area (Å²) >= 11 is 13.5. The van der Waals surface area contributed by atoms with Crippen molar-refractivity contribution in [1.29, 1.82) is 0 Å². The molecule has 1 aromatic heterocycles. The number of hydrogen-bond acceptors (Lipinski definition) is 3. The van der Waals surface area contributed by atoms with Gasteiger partial charge in [0.25, 0.3) is 5.91 Å². The van der Waals surface area contributed by atoms with Crippen molar-refractivity contribution in [2.24, 2.45) is 0 Å². The van der Waals surface area contributed by atoms with Gasteiger partial charge < -0.3 is 5.32 Å². The molecule has 1 N–H and O–H groups in total. The third kappa shape index (κ3) is 4.78. The first-order valence-electron chi connectivity index (χ1n) is 8.67. The average Bonchev–Trinajstić information content (AvgIpc) is 3.41. The number of aryl methyl sites for hydroxylation is 1. The molecule has 0 bridgehead atoms. The minimum Gasteiger partial charge on any atom is -0.352 e. The molecule has 1 fully saturated rings. The zero-order valence-electron chi connectivity index (χ0n) is 14.9. The molecule has 1 amide bonds. The Balaban J connectivity index is 1.62. The van der Waals surface area contributed by atoms with Crippen LogP contribution in [0.15, 0.2) is 23.1 Å². The van der Waals surface area contributed by atoms with Gasteiger partial charge in [0.1, 0.15) is 0 Å². The number of alkyl halides is 3. The topological polar surface area (TPSA) is 46.9 Å². The van der Waals surface area contributed by atoms with E-state index in [2.05, 4.69) is 10.4 Å². The summed E-state index contributed by atoms with van der Waals surface area (Å²) in [5.74, 6) is -0.295. The number of thioether (sulfide) groups is 1.